The number of methoxy groups -OCH3 is 1. The molecular weight excluding hydrogens is 228 g/mol. The summed E-state index contributed by atoms with van der Waals surface area (Å²) in [7, 11) is 1.55. The second kappa shape index (κ2) is 6.45. The number of benzene rings is 1. The lowest BCUT2D eigenvalue weighted by Gasteiger charge is -2.08. The van der Waals surface area contributed by atoms with Crippen LogP contribution in [-0.2, 0) is 4.79 Å². The van der Waals surface area contributed by atoms with Gasteiger partial charge in [0.05, 0.1) is 7.11 Å². The van der Waals surface area contributed by atoms with Crippen LogP contribution in [0.1, 0.15) is 19.4 Å². The fourth-order valence-corrected chi connectivity index (χ4v) is 1.43. The lowest BCUT2D eigenvalue weighted by molar-refractivity contribution is -0.117. The molecule has 94 valence electrons. The molecule has 18 heavy (non-hydrogen) atoms. The van der Waals surface area contributed by atoms with Crippen molar-refractivity contribution in [3.8, 4) is 11.8 Å². The average Bonchev–Trinajstić information content (AvgIpc) is 2.35. The monoisotopic (exact) mass is 244 g/mol. The summed E-state index contributed by atoms with van der Waals surface area (Å²) in [6.45, 7) is 3.69. The highest BCUT2D eigenvalue weighted by Crippen LogP contribution is 2.20. The molecule has 0 aliphatic carbocycles. The van der Waals surface area contributed by atoms with Gasteiger partial charge in [-0.15, -0.1) is 0 Å². The van der Waals surface area contributed by atoms with Gasteiger partial charge >= 0.3 is 0 Å². The number of carbonyl (C=O) groups excluding carboxylic acids is 1. The minimum Gasteiger partial charge on any atom is -0.496 e. The number of ether oxygens (including phenoxy) is 1. The molecule has 1 amide bonds. The number of hydrogen-bond donors (Lipinski definition) is 1. The van der Waals surface area contributed by atoms with Crippen molar-refractivity contribution in [3.63, 3.8) is 0 Å². The second-order valence-electron chi connectivity index (χ2n) is 4.04. The van der Waals surface area contributed by atoms with Gasteiger partial charge in [-0.2, -0.15) is 5.26 Å². The molecule has 1 aromatic carbocycles. The van der Waals surface area contributed by atoms with Crippen LogP contribution >= 0.6 is 0 Å². The summed E-state index contributed by atoms with van der Waals surface area (Å²) in [4.78, 5) is 11.7. The predicted molar refractivity (Wildman–Crippen MR) is 69.9 cm³/mol. The first-order valence-corrected chi connectivity index (χ1v) is 5.64. The maximum atomic E-state index is 11.7. The van der Waals surface area contributed by atoms with E-state index in [0.717, 1.165) is 0 Å². The highest BCUT2D eigenvalue weighted by molar-refractivity contribution is 6.02. The van der Waals surface area contributed by atoms with E-state index in [1.807, 2.05) is 32.0 Å². The number of amides is 1. The van der Waals surface area contributed by atoms with Gasteiger partial charge in [-0.05, 0) is 26.0 Å². The summed E-state index contributed by atoms with van der Waals surface area (Å²) in [5.74, 6) is 0.251. The third-order valence-corrected chi connectivity index (χ3v) is 2.22. The van der Waals surface area contributed by atoms with Crippen LogP contribution in [0.25, 0.3) is 6.08 Å². The lowest BCUT2D eigenvalue weighted by Crippen LogP contribution is -2.30. The van der Waals surface area contributed by atoms with E-state index < -0.39 is 0 Å². The Hall–Kier alpha value is -2.28. The van der Waals surface area contributed by atoms with E-state index in [0.29, 0.717) is 11.3 Å². The van der Waals surface area contributed by atoms with Gasteiger partial charge in [-0.25, -0.2) is 0 Å². The molecule has 0 saturated heterocycles. The molecule has 0 heterocycles. The van der Waals surface area contributed by atoms with Crippen molar-refractivity contribution in [3.05, 3.63) is 35.4 Å². The largest absolute Gasteiger partial charge is 0.496 e. The van der Waals surface area contributed by atoms with E-state index in [-0.39, 0.29) is 17.5 Å². The van der Waals surface area contributed by atoms with Crippen LogP contribution in [0.5, 0.6) is 5.75 Å². The first-order chi connectivity index (χ1) is 8.58. The van der Waals surface area contributed by atoms with Crippen molar-refractivity contribution in [1.82, 2.24) is 5.32 Å². The van der Waals surface area contributed by atoms with Crippen LogP contribution in [-0.4, -0.2) is 19.1 Å². The average molecular weight is 244 g/mol. The number of nitrogens with zero attached hydrogens (tertiary/aromatic N) is 1. The van der Waals surface area contributed by atoms with Gasteiger partial charge in [0, 0.05) is 11.6 Å². The highest BCUT2D eigenvalue weighted by Gasteiger charge is 2.11. The van der Waals surface area contributed by atoms with Crippen LogP contribution in [0.2, 0.25) is 0 Å². The van der Waals surface area contributed by atoms with Crippen LogP contribution in [0.3, 0.4) is 0 Å². The summed E-state index contributed by atoms with van der Waals surface area (Å²) >= 11 is 0. The maximum absolute atomic E-state index is 11.7. The van der Waals surface area contributed by atoms with Crippen molar-refractivity contribution in [2.24, 2.45) is 0 Å². The number of rotatable bonds is 4. The smallest absolute Gasteiger partial charge is 0.262 e. The van der Waals surface area contributed by atoms with Crippen LogP contribution in [0.15, 0.2) is 29.8 Å². The number of nitriles is 1. The Morgan fingerprint density at radius 3 is 2.67 bits per heavy atom. The first-order valence-electron chi connectivity index (χ1n) is 5.64. The molecule has 0 atom stereocenters. The Balaban J connectivity index is 3.05. The molecule has 4 heteroatoms. The molecule has 0 saturated carbocycles. The zero-order chi connectivity index (χ0) is 13.5. The van der Waals surface area contributed by atoms with Crippen LogP contribution in [0, 0.1) is 11.3 Å². The fourth-order valence-electron chi connectivity index (χ4n) is 1.43. The van der Waals surface area contributed by atoms with E-state index in [1.165, 1.54) is 6.08 Å². The van der Waals surface area contributed by atoms with Gasteiger partial charge in [-0.1, -0.05) is 18.2 Å². The molecule has 1 N–H and O–H groups in total. The Labute approximate surface area is 107 Å². The summed E-state index contributed by atoms with van der Waals surface area (Å²) < 4.78 is 5.17. The highest BCUT2D eigenvalue weighted by atomic mass is 16.5. The Bertz CT molecular complexity index is 499. The number of nitrogens with one attached hydrogen (secondary N) is 1. The van der Waals surface area contributed by atoms with Crippen molar-refractivity contribution >= 4 is 12.0 Å². The van der Waals surface area contributed by atoms with Gasteiger partial charge < -0.3 is 10.1 Å². The molecule has 1 aromatic rings. The maximum Gasteiger partial charge on any atom is 0.262 e. The van der Waals surface area contributed by atoms with Gasteiger partial charge in [-0.3, -0.25) is 4.79 Å². The molecule has 4 nitrogen and oxygen atoms in total. The Morgan fingerprint density at radius 1 is 1.44 bits per heavy atom. The summed E-state index contributed by atoms with van der Waals surface area (Å²) in [5, 5.41) is 11.7. The molecule has 0 aliphatic heterocycles. The normalized spacial score (nSPS) is 10.9. The van der Waals surface area contributed by atoms with E-state index in [1.54, 1.807) is 19.2 Å². The molecule has 0 aliphatic rings. The Kier molecular flexibility index (Phi) is 4.94. The van der Waals surface area contributed by atoms with Crippen molar-refractivity contribution in [1.29, 1.82) is 5.26 Å². The Morgan fingerprint density at radius 2 is 2.11 bits per heavy atom. The first kappa shape index (κ1) is 13.8. The minimum atomic E-state index is -0.376. The number of hydrogen-bond acceptors (Lipinski definition) is 3. The number of carbonyl (C=O) groups is 1. The third-order valence-electron chi connectivity index (χ3n) is 2.22. The molecule has 0 unspecified atom stereocenters. The van der Waals surface area contributed by atoms with Gasteiger partial charge in [0.25, 0.3) is 5.91 Å². The summed E-state index contributed by atoms with van der Waals surface area (Å²) in [6.07, 6.45) is 1.52. The fraction of sp³-hybridized carbons (Fsp3) is 0.286. The molecule has 0 aromatic heterocycles. The van der Waals surface area contributed by atoms with E-state index >= 15 is 0 Å². The third kappa shape index (κ3) is 3.63. The summed E-state index contributed by atoms with van der Waals surface area (Å²) in [6, 6.07) is 9.12. The van der Waals surface area contributed by atoms with Crippen molar-refractivity contribution in [2.75, 3.05) is 7.11 Å². The lowest BCUT2D eigenvalue weighted by atomic mass is 10.1. The van der Waals surface area contributed by atoms with Crippen molar-refractivity contribution < 1.29 is 9.53 Å². The predicted octanol–water partition coefficient (Wildman–Crippen LogP) is 2.13. The van der Waals surface area contributed by atoms with E-state index in [9.17, 15) is 4.79 Å². The zero-order valence-electron chi connectivity index (χ0n) is 10.7. The molecule has 0 spiro atoms. The number of para-hydroxylation sites is 1. The molecule has 0 radical (unpaired) electrons. The van der Waals surface area contributed by atoms with Gasteiger partial charge in [0.1, 0.15) is 17.4 Å². The van der Waals surface area contributed by atoms with Crippen LogP contribution < -0.4 is 10.1 Å². The van der Waals surface area contributed by atoms with Gasteiger partial charge in [0.2, 0.25) is 0 Å². The van der Waals surface area contributed by atoms with Gasteiger partial charge in [0.15, 0.2) is 0 Å². The van der Waals surface area contributed by atoms with E-state index in [4.69, 9.17) is 10.00 Å². The minimum absolute atomic E-state index is 0.00748. The summed E-state index contributed by atoms with van der Waals surface area (Å²) in [5.41, 5.74) is 0.767. The molecule has 1 rings (SSSR count). The quantitative estimate of drug-likeness (QED) is 0.652. The van der Waals surface area contributed by atoms with Crippen molar-refractivity contribution in [2.45, 2.75) is 19.9 Å². The second-order valence-corrected chi connectivity index (χ2v) is 4.04. The standard InChI is InChI=1S/C14H16N2O2/c1-10(2)16-14(17)12(9-15)8-11-6-4-5-7-13(11)18-3/h4-8,10H,1-3H3,(H,16,17)/b12-8+. The molecular formula is C14H16N2O2. The molecule has 0 fully saturated rings. The van der Waals surface area contributed by atoms with Crippen LogP contribution in [0.4, 0.5) is 0 Å². The topological polar surface area (TPSA) is 62.1 Å². The molecule has 0 bridgehead atoms. The zero-order valence-corrected chi connectivity index (χ0v) is 10.7. The van der Waals surface area contributed by atoms with E-state index in [2.05, 4.69) is 5.32 Å². The SMILES string of the molecule is COc1ccccc1/C=C(\C#N)C(=O)NC(C)C.